The van der Waals surface area contributed by atoms with Crippen molar-refractivity contribution >= 4 is 38.7 Å². The Hall–Kier alpha value is -3.19. The summed E-state index contributed by atoms with van der Waals surface area (Å²) in [5, 5.41) is 1.03. The lowest BCUT2D eigenvalue weighted by Crippen LogP contribution is -2.10. The molecule has 0 saturated carbocycles. The molecule has 0 saturated heterocycles. The van der Waals surface area contributed by atoms with Crippen molar-refractivity contribution in [2.75, 3.05) is 5.73 Å². The first-order valence-electron chi connectivity index (χ1n) is 7.82. The summed E-state index contributed by atoms with van der Waals surface area (Å²) in [5.41, 5.74) is 15.9. The summed E-state index contributed by atoms with van der Waals surface area (Å²) in [5.74, 6) is -0.267. The molecule has 2 aromatic carbocycles. The van der Waals surface area contributed by atoms with Crippen molar-refractivity contribution in [1.82, 2.24) is 15.0 Å². The molecule has 4 rings (SSSR count). The van der Waals surface area contributed by atoms with Gasteiger partial charge in [0.15, 0.2) is 0 Å². The van der Waals surface area contributed by atoms with E-state index >= 15 is 0 Å². The number of aromatic nitrogens is 3. The number of carbonyl (C=O) groups excluding carboxylic acids is 1. The number of primary amides is 1. The van der Waals surface area contributed by atoms with E-state index in [9.17, 15) is 4.79 Å². The molecule has 5 N–H and O–H groups in total. The zero-order valence-electron chi connectivity index (χ0n) is 13.5. The van der Waals surface area contributed by atoms with Crippen LogP contribution in [0, 0.1) is 0 Å². The number of rotatable bonds is 3. The fourth-order valence-corrected chi connectivity index (χ4v) is 3.28. The van der Waals surface area contributed by atoms with E-state index in [0.29, 0.717) is 5.56 Å². The third-order valence-corrected chi connectivity index (χ3v) is 4.68. The van der Waals surface area contributed by atoms with E-state index in [-0.39, 0.29) is 5.95 Å². The van der Waals surface area contributed by atoms with Crippen LogP contribution in [0.15, 0.2) is 59.3 Å². The van der Waals surface area contributed by atoms with Gasteiger partial charge in [0.25, 0.3) is 0 Å². The third kappa shape index (κ3) is 2.82. The number of nitrogen functional groups attached to an aromatic ring is 1. The van der Waals surface area contributed by atoms with Crippen LogP contribution < -0.4 is 11.5 Å². The second-order valence-corrected chi connectivity index (χ2v) is 6.74. The van der Waals surface area contributed by atoms with Crippen molar-refractivity contribution in [2.45, 2.75) is 0 Å². The molecule has 0 unspecified atom stereocenters. The molecule has 4 aromatic rings. The van der Waals surface area contributed by atoms with Crippen LogP contribution in [0.2, 0.25) is 0 Å². The van der Waals surface area contributed by atoms with Crippen LogP contribution >= 0.6 is 15.9 Å². The van der Waals surface area contributed by atoms with E-state index in [4.69, 9.17) is 11.5 Å². The van der Waals surface area contributed by atoms with Crippen LogP contribution in [0.5, 0.6) is 0 Å². The first-order valence-corrected chi connectivity index (χ1v) is 8.62. The number of amides is 1. The van der Waals surface area contributed by atoms with E-state index < -0.39 is 5.91 Å². The molecule has 0 aliphatic rings. The Kier molecular flexibility index (Phi) is 3.93. The third-order valence-electron chi connectivity index (χ3n) is 4.19. The van der Waals surface area contributed by atoms with Crippen LogP contribution in [-0.2, 0) is 0 Å². The summed E-state index contributed by atoms with van der Waals surface area (Å²) < 4.78 is 0.989. The van der Waals surface area contributed by atoms with Crippen molar-refractivity contribution in [3.05, 3.63) is 64.9 Å². The van der Waals surface area contributed by atoms with Crippen LogP contribution in [0.4, 0.5) is 5.95 Å². The molecular formula is C19H14BrN5O. The van der Waals surface area contributed by atoms with Crippen molar-refractivity contribution < 1.29 is 4.79 Å². The van der Waals surface area contributed by atoms with Gasteiger partial charge in [0, 0.05) is 44.5 Å². The number of anilines is 1. The highest BCUT2D eigenvalue weighted by molar-refractivity contribution is 9.10. The van der Waals surface area contributed by atoms with Crippen molar-refractivity contribution in [2.24, 2.45) is 5.73 Å². The number of halogens is 1. The van der Waals surface area contributed by atoms with E-state index in [1.807, 2.05) is 36.5 Å². The van der Waals surface area contributed by atoms with Gasteiger partial charge in [0.2, 0.25) is 11.9 Å². The first kappa shape index (κ1) is 16.3. The molecule has 128 valence electrons. The average Bonchev–Trinajstić information content (AvgIpc) is 3.04. The minimum atomic E-state index is -0.465. The van der Waals surface area contributed by atoms with Gasteiger partial charge in [-0.3, -0.25) is 4.79 Å². The topological polar surface area (TPSA) is 111 Å². The molecule has 6 nitrogen and oxygen atoms in total. The van der Waals surface area contributed by atoms with Gasteiger partial charge in [-0.25, -0.2) is 9.97 Å². The number of hydrogen-bond donors (Lipinski definition) is 3. The van der Waals surface area contributed by atoms with Gasteiger partial charge in [-0.05, 0) is 29.8 Å². The Labute approximate surface area is 157 Å². The minimum absolute atomic E-state index is 0.198. The van der Waals surface area contributed by atoms with Crippen LogP contribution in [-0.4, -0.2) is 20.9 Å². The normalized spacial score (nSPS) is 11.0. The molecule has 0 bridgehead atoms. The molecule has 0 aliphatic carbocycles. The summed E-state index contributed by atoms with van der Waals surface area (Å²) in [6.45, 7) is 0. The first-order chi connectivity index (χ1) is 12.5. The molecule has 2 heterocycles. The van der Waals surface area contributed by atoms with E-state index in [2.05, 4.69) is 30.9 Å². The van der Waals surface area contributed by atoms with Gasteiger partial charge in [0.05, 0.1) is 5.69 Å². The highest BCUT2D eigenvalue weighted by atomic mass is 79.9. The fraction of sp³-hybridized carbons (Fsp3) is 0. The number of nitrogens with zero attached hydrogens (tertiary/aromatic N) is 2. The maximum Gasteiger partial charge on any atom is 0.248 e. The lowest BCUT2D eigenvalue weighted by atomic mass is 9.99. The standard InChI is InChI=1S/C19H14BrN5O/c20-12-5-6-13-15(9-23-16(13)7-12)17-14(8-24-19(22)25-17)10-1-3-11(4-2-10)18(21)26/h1-9,23H,(H2,21,26)(H2,22,24,25). The van der Waals surface area contributed by atoms with Gasteiger partial charge in [-0.2, -0.15) is 0 Å². The smallest absolute Gasteiger partial charge is 0.248 e. The fourth-order valence-electron chi connectivity index (χ4n) is 2.92. The number of benzene rings is 2. The van der Waals surface area contributed by atoms with Crippen LogP contribution in [0.1, 0.15) is 10.4 Å². The number of carbonyl (C=O) groups is 1. The summed E-state index contributed by atoms with van der Waals surface area (Å²) in [7, 11) is 0. The number of aromatic amines is 1. The number of hydrogen-bond acceptors (Lipinski definition) is 4. The van der Waals surface area contributed by atoms with Crippen LogP contribution in [0.3, 0.4) is 0 Å². The molecule has 7 heteroatoms. The average molecular weight is 408 g/mol. The van der Waals surface area contributed by atoms with Gasteiger partial charge in [-0.1, -0.05) is 34.1 Å². The second kappa shape index (κ2) is 6.27. The molecule has 0 aliphatic heterocycles. The maximum atomic E-state index is 11.3. The highest BCUT2D eigenvalue weighted by Crippen LogP contribution is 2.35. The summed E-state index contributed by atoms with van der Waals surface area (Å²) in [4.78, 5) is 23.2. The van der Waals surface area contributed by atoms with E-state index in [1.165, 1.54) is 0 Å². The van der Waals surface area contributed by atoms with Gasteiger partial charge in [-0.15, -0.1) is 0 Å². The molecule has 1 amide bonds. The number of H-pyrrole nitrogens is 1. The van der Waals surface area contributed by atoms with E-state index in [1.54, 1.807) is 18.3 Å². The monoisotopic (exact) mass is 407 g/mol. The Morgan fingerprint density at radius 3 is 2.58 bits per heavy atom. The summed E-state index contributed by atoms with van der Waals surface area (Å²) >= 11 is 3.48. The number of nitrogens with one attached hydrogen (secondary N) is 1. The number of nitrogens with two attached hydrogens (primary N) is 2. The maximum absolute atomic E-state index is 11.3. The minimum Gasteiger partial charge on any atom is -0.368 e. The molecular weight excluding hydrogens is 394 g/mol. The quantitative estimate of drug-likeness (QED) is 0.480. The van der Waals surface area contributed by atoms with Crippen molar-refractivity contribution in [1.29, 1.82) is 0 Å². The lowest BCUT2D eigenvalue weighted by molar-refractivity contribution is 0.100. The zero-order chi connectivity index (χ0) is 18.3. The predicted octanol–water partition coefficient (Wildman–Crippen LogP) is 3.74. The SMILES string of the molecule is NC(=O)c1ccc(-c2cnc(N)nc2-c2c[nH]c3cc(Br)ccc23)cc1. The Balaban J connectivity index is 1.91. The molecule has 26 heavy (non-hydrogen) atoms. The molecule has 0 fully saturated rings. The Morgan fingerprint density at radius 1 is 1.08 bits per heavy atom. The van der Waals surface area contributed by atoms with Gasteiger partial charge < -0.3 is 16.5 Å². The van der Waals surface area contributed by atoms with Gasteiger partial charge in [0.1, 0.15) is 0 Å². The van der Waals surface area contributed by atoms with E-state index in [0.717, 1.165) is 37.8 Å². The number of fused-ring (bicyclic) bond motifs is 1. The summed E-state index contributed by atoms with van der Waals surface area (Å²) in [6, 6.07) is 13.0. The Morgan fingerprint density at radius 2 is 1.85 bits per heavy atom. The van der Waals surface area contributed by atoms with Crippen molar-refractivity contribution in [3.63, 3.8) is 0 Å². The van der Waals surface area contributed by atoms with Crippen LogP contribution in [0.25, 0.3) is 33.3 Å². The molecule has 0 atom stereocenters. The predicted molar refractivity (Wildman–Crippen MR) is 105 cm³/mol. The van der Waals surface area contributed by atoms with Crippen molar-refractivity contribution in [3.8, 4) is 22.4 Å². The van der Waals surface area contributed by atoms with Gasteiger partial charge >= 0.3 is 0 Å². The molecule has 0 spiro atoms. The second-order valence-electron chi connectivity index (χ2n) is 5.82. The highest BCUT2D eigenvalue weighted by Gasteiger charge is 2.15. The zero-order valence-corrected chi connectivity index (χ0v) is 15.1. The lowest BCUT2D eigenvalue weighted by Gasteiger charge is -2.09. The largest absolute Gasteiger partial charge is 0.368 e. The molecule has 2 aromatic heterocycles. The Bertz CT molecular complexity index is 1130. The molecule has 0 radical (unpaired) electrons. The summed E-state index contributed by atoms with van der Waals surface area (Å²) in [6.07, 6.45) is 3.59.